The number of allylic oxidation sites excluding steroid dienone is 1. The zero-order valence-corrected chi connectivity index (χ0v) is 19.3. The number of dihydropyridines is 1. The molecule has 3 N–H and O–H groups in total. The van der Waals surface area contributed by atoms with E-state index in [1.807, 2.05) is 6.21 Å². The van der Waals surface area contributed by atoms with E-state index in [0.29, 0.717) is 28.9 Å². The van der Waals surface area contributed by atoms with E-state index in [2.05, 4.69) is 27.4 Å². The third-order valence-corrected chi connectivity index (χ3v) is 6.39. The van der Waals surface area contributed by atoms with Crippen molar-refractivity contribution in [2.45, 2.75) is 38.3 Å². The summed E-state index contributed by atoms with van der Waals surface area (Å²) in [6.07, 6.45) is 10.7. The van der Waals surface area contributed by atoms with Crippen LogP contribution in [0.4, 0.5) is 10.2 Å². The van der Waals surface area contributed by atoms with Crippen LogP contribution in [-0.2, 0) is 0 Å². The van der Waals surface area contributed by atoms with Gasteiger partial charge in [-0.3, -0.25) is 4.99 Å². The highest BCUT2D eigenvalue weighted by molar-refractivity contribution is 6.36. The number of anilines is 1. The van der Waals surface area contributed by atoms with Gasteiger partial charge in [0.2, 0.25) is 0 Å². The van der Waals surface area contributed by atoms with Crippen LogP contribution in [0.15, 0.2) is 47.1 Å². The molecule has 0 aliphatic carbocycles. The second kappa shape index (κ2) is 10.0. The Morgan fingerprint density at radius 2 is 2.22 bits per heavy atom. The van der Waals surface area contributed by atoms with Gasteiger partial charge in [-0.1, -0.05) is 29.3 Å². The molecule has 2 aliphatic heterocycles. The van der Waals surface area contributed by atoms with E-state index in [9.17, 15) is 4.39 Å². The smallest absolute Gasteiger partial charge is 0.166 e. The number of nitrogens with one attached hydrogen (secondary N) is 1. The van der Waals surface area contributed by atoms with Gasteiger partial charge in [0, 0.05) is 40.2 Å². The SMILES string of the molecule is CC(Oc1cc(C2=C/C(=C\C[C@@H]3CCCN3)CN=C2)cnc1N)c1c(Cl)ccc(F)c1Cl. The molecule has 3 heterocycles. The monoisotopic (exact) mass is 474 g/mol. The lowest BCUT2D eigenvalue weighted by Gasteiger charge is -2.19. The lowest BCUT2D eigenvalue weighted by Crippen LogP contribution is -2.20. The summed E-state index contributed by atoms with van der Waals surface area (Å²) in [5.74, 6) is 0.0321. The second-order valence-corrected chi connectivity index (χ2v) is 8.79. The first kappa shape index (κ1) is 22.8. The number of benzene rings is 1. The maximum absolute atomic E-state index is 13.9. The van der Waals surface area contributed by atoms with Gasteiger partial charge in [-0.05, 0) is 62.6 Å². The number of nitrogens with zero attached hydrogens (tertiary/aromatic N) is 2. The highest BCUT2D eigenvalue weighted by atomic mass is 35.5. The molecule has 8 heteroatoms. The molecule has 32 heavy (non-hydrogen) atoms. The van der Waals surface area contributed by atoms with Crippen molar-refractivity contribution in [1.29, 1.82) is 0 Å². The predicted molar refractivity (Wildman–Crippen MR) is 129 cm³/mol. The molecule has 1 aromatic heterocycles. The summed E-state index contributed by atoms with van der Waals surface area (Å²) < 4.78 is 19.9. The van der Waals surface area contributed by atoms with Crippen molar-refractivity contribution in [3.63, 3.8) is 0 Å². The number of ether oxygens (including phenoxy) is 1. The standard InChI is InChI=1S/C24H25Cl2FN4O/c1-14(22-19(25)6-7-20(27)23(22)26)32-21-10-17(13-31-24(21)28)16-9-15(11-29-12-16)4-5-18-3-2-8-30-18/h4,6-7,9-10,12-14,18,30H,2-3,5,8,11H2,1H3,(H2,28,31)/b15-4+/t14?,18-/m0/s1. The largest absolute Gasteiger partial charge is 0.482 e. The fraction of sp³-hybridized carbons (Fsp3) is 0.333. The second-order valence-electron chi connectivity index (χ2n) is 8.00. The van der Waals surface area contributed by atoms with Crippen molar-refractivity contribution >= 4 is 40.8 Å². The van der Waals surface area contributed by atoms with Gasteiger partial charge in [0.25, 0.3) is 0 Å². The minimum atomic E-state index is -0.631. The Morgan fingerprint density at radius 1 is 1.38 bits per heavy atom. The summed E-state index contributed by atoms with van der Waals surface area (Å²) in [5.41, 5.74) is 9.33. The molecule has 1 fully saturated rings. The molecule has 4 rings (SSSR count). The van der Waals surface area contributed by atoms with Gasteiger partial charge in [-0.25, -0.2) is 9.37 Å². The van der Waals surface area contributed by atoms with Gasteiger partial charge < -0.3 is 15.8 Å². The highest BCUT2D eigenvalue weighted by Gasteiger charge is 2.20. The molecule has 0 saturated carbocycles. The van der Waals surface area contributed by atoms with Gasteiger partial charge in [0.15, 0.2) is 11.6 Å². The van der Waals surface area contributed by atoms with E-state index in [4.69, 9.17) is 33.7 Å². The van der Waals surface area contributed by atoms with Crippen molar-refractivity contribution in [1.82, 2.24) is 10.3 Å². The molecule has 2 atom stereocenters. The summed E-state index contributed by atoms with van der Waals surface area (Å²) in [6, 6.07) is 5.03. The first-order valence-electron chi connectivity index (χ1n) is 10.6. The van der Waals surface area contributed by atoms with Gasteiger partial charge in [-0.2, -0.15) is 0 Å². The number of pyridine rings is 1. The number of nitrogens with two attached hydrogens (primary N) is 1. The summed E-state index contributed by atoms with van der Waals surface area (Å²) in [4.78, 5) is 8.77. The van der Waals surface area contributed by atoms with Crippen molar-refractivity contribution in [2.24, 2.45) is 4.99 Å². The molecule has 2 aliphatic rings. The maximum Gasteiger partial charge on any atom is 0.166 e. The van der Waals surface area contributed by atoms with E-state index >= 15 is 0 Å². The Balaban J connectivity index is 1.55. The molecule has 168 valence electrons. The number of halogens is 3. The van der Waals surface area contributed by atoms with E-state index in [0.717, 1.165) is 24.1 Å². The van der Waals surface area contributed by atoms with Gasteiger partial charge in [-0.15, -0.1) is 0 Å². The third-order valence-electron chi connectivity index (χ3n) is 5.68. The van der Waals surface area contributed by atoms with Crippen LogP contribution in [0.3, 0.4) is 0 Å². The predicted octanol–water partition coefficient (Wildman–Crippen LogP) is 5.79. The van der Waals surface area contributed by atoms with Gasteiger partial charge >= 0.3 is 0 Å². The molecule has 0 radical (unpaired) electrons. The third kappa shape index (κ3) is 5.14. The van der Waals surface area contributed by atoms with E-state index in [1.54, 1.807) is 19.2 Å². The Kier molecular flexibility index (Phi) is 7.13. The Labute approximate surface area is 197 Å². The number of hydrogen-bond acceptors (Lipinski definition) is 5. The van der Waals surface area contributed by atoms with Crippen LogP contribution in [-0.4, -0.2) is 30.3 Å². The first-order valence-corrected chi connectivity index (χ1v) is 11.4. The zero-order valence-electron chi connectivity index (χ0n) is 17.7. The fourth-order valence-electron chi connectivity index (χ4n) is 3.94. The quantitative estimate of drug-likeness (QED) is 0.519. The van der Waals surface area contributed by atoms with Crippen molar-refractivity contribution in [2.75, 3.05) is 18.8 Å². The van der Waals surface area contributed by atoms with Crippen LogP contribution in [0.25, 0.3) is 5.57 Å². The van der Waals surface area contributed by atoms with Crippen molar-refractivity contribution in [3.8, 4) is 5.75 Å². The minimum Gasteiger partial charge on any atom is -0.482 e. The molecule has 2 aromatic rings. The average molecular weight is 475 g/mol. The number of nitrogen functional groups attached to an aromatic ring is 1. The molecule has 0 spiro atoms. The molecule has 0 amide bonds. The molecule has 1 saturated heterocycles. The number of aromatic nitrogens is 1. The van der Waals surface area contributed by atoms with Crippen LogP contribution in [0, 0.1) is 5.82 Å². The maximum atomic E-state index is 13.9. The Morgan fingerprint density at radius 3 is 3.00 bits per heavy atom. The van der Waals surface area contributed by atoms with Crippen molar-refractivity contribution < 1.29 is 9.13 Å². The van der Waals surface area contributed by atoms with E-state index in [-0.39, 0.29) is 10.8 Å². The average Bonchev–Trinajstić information content (AvgIpc) is 3.31. The molecule has 5 nitrogen and oxygen atoms in total. The lowest BCUT2D eigenvalue weighted by molar-refractivity contribution is 0.227. The first-order chi connectivity index (χ1) is 15.4. The number of aliphatic imine (C=N–C) groups is 1. The Bertz CT molecular complexity index is 1090. The molecule has 0 bridgehead atoms. The molecule has 1 unspecified atom stereocenters. The zero-order chi connectivity index (χ0) is 22.7. The summed E-state index contributed by atoms with van der Waals surface area (Å²) in [6.45, 7) is 3.49. The van der Waals surface area contributed by atoms with E-state index in [1.165, 1.54) is 30.5 Å². The summed E-state index contributed by atoms with van der Waals surface area (Å²) in [7, 11) is 0. The molecular weight excluding hydrogens is 450 g/mol. The summed E-state index contributed by atoms with van der Waals surface area (Å²) >= 11 is 12.4. The number of hydrogen-bond donors (Lipinski definition) is 2. The van der Waals surface area contributed by atoms with Crippen LogP contribution in [0.1, 0.15) is 43.4 Å². The van der Waals surface area contributed by atoms with Crippen molar-refractivity contribution in [3.05, 3.63) is 69.1 Å². The fourth-order valence-corrected chi connectivity index (χ4v) is 4.62. The van der Waals surface area contributed by atoms with Crippen LogP contribution in [0.5, 0.6) is 5.75 Å². The van der Waals surface area contributed by atoms with Gasteiger partial charge in [0.05, 0.1) is 11.6 Å². The molecule has 1 aromatic carbocycles. The summed E-state index contributed by atoms with van der Waals surface area (Å²) in [5, 5.41) is 3.76. The topological polar surface area (TPSA) is 72.5 Å². The number of rotatable bonds is 6. The molecular formula is C24H25Cl2FN4O. The van der Waals surface area contributed by atoms with E-state index < -0.39 is 11.9 Å². The van der Waals surface area contributed by atoms with Gasteiger partial charge in [0.1, 0.15) is 11.9 Å². The van der Waals surface area contributed by atoms with Crippen LogP contribution >= 0.6 is 23.2 Å². The lowest BCUT2D eigenvalue weighted by atomic mass is 10.0. The Hall–Kier alpha value is -2.41. The van der Waals surface area contributed by atoms with Crippen LogP contribution < -0.4 is 15.8 Å². The minimum absolute atomic E-state index is 0.0682. The van der Waals surface area contributed by atoms with Crippen LogP contribution in [0.2, 0.25) is 10.0 Å². The highest BCUT2D eigenvalue weighted by Crippen LogP contribution is 2.36. The normalized spacial score (nSPS) is 20.4.